The number of hydrogen-bond acceptors (Lipinski definition) is 1. The van der Waals surface area contributed by atoms with E-state index in [1.165, 1.54) is 37.9 Å². The number of hydrogen-bond donors (Lipinski definition) is 0. The van der Waals surface area contributed by atoms with Crippen LogP contribution in [0.15, 0.2) is 11.8 Å². The van der Waals surface area contributed by atoms with Gasteiger partial charge in [-0.2, -0.15) is 0 Å². The molecule has 17 heavy (non-hydrogen) atoms. The SMILES string of the molecule is C[Si](C)O/C1=C/CCC(C(C)(C)C)CCCC1. The molecule has 0 heterocycles. The minimum Gasteiger partial charge on any atom is -0.546 e. The summed E-state index contributed by atoms with van der Waals surface area (Å²) in [5, 5.41) is 0. The van der Waals surface area contributed by atoms with E-state index < -0.39 is 9.04 Å². The zero-order valence-corrected chi connectivity index (χ0v) is 13.3. The Morgan fingerprint density at radius 3 is 2.47 bits per heavy atom. The van der Waals surface area contributed by atoms with Crippen molar-refractivity contribution >= 4 is 9.04 Å². The summed E-state index contributed by atoms with van der Waals surface area (Å²) in [6.07, 6.45) is 10.1. The van der Waals surface area contributed by atoms with Gasteiger partial charge in [0, 0.05) is 6.42 Å². The summed E-state index contributed by atoms with van der Waals surface area (Å²) in [6.45, 7) is 11.6. The van der Waals surface area contributed by atoms with Gasteiger partial charge in [0.2, 0.25) is 0 Å². The van der Waals surface area contributed by atoms with Gasteiger partial charge in [0.1, 0.15) is 0 Å². The minimum absolute atomic E-state index is 0.462. The van der Waals surface area contributed by atoms with Crippen molar-refractivity contribution in [1.29, 1.82) is 0 Å². The second-order valence-electron chi connectivity index (χ2n) is 6.57. The third-order valence-corrected chi connectivity index (χ3v) is 4.34. The van der Waals surface area contributed by atoms with E-state index in [9.17, 15) is 0 Å². The van der Waals surface area contributed by atoms with Crippen LogP contribution in [0.25, 0.3) is 0 Å². The standard InChI is InChI=1S/C15H29OSi/c1-15(2,3)13-9-6-7-11-14(12-8-10-13)16-17(4)5/h12-13H,6-11H2,1-5H3/b14-12+. The lowest BCUT2D eigenvalue weighted by atomic mass is 9.75. The summed E-state index contributed by atoms with van der Waals surface area (Å²) in [6, 6.07) is 0. The van der Waals surface area contributed by atoms with Crippen molar-refractivity contribution in [2.24, 2.45) is 11.3 Å². The van der Waals surface area contributed by atoms with Crippen LogP contribution in [0.5, 0.6) is 0 Å². The van der Waals surface area contributed by atoms with Gasteiger partial charge in [-0.25, -0.2) is 0 Å². The lowest BCUT2D eigenvalue weighted by Gasteiger charge is -2.30. The molecule has 0 saturated heterocycles. The topological polar surface area (TPSA) is 9.23 Å². The van der Waals surface area contributed by atoms with Gasteiger partial charge in [0.05, 0.1) is 5.76 Å². The molecule has 1 aliphatic carbocycles. The first-order chi connectivity index (χ1) is 7.89. The molecular formula is C15H29OSi. The molecule has 0 N–H and O–H groups in total. The van der Waals surface area contributed by atoms with Gasteiger partial charge in [-0.05, 0) is 56.2 Å². The lowest BCUT2D eigenvalue weighted by Crippen LogP contribution is -2.20. The van der Waals surface area contributed by atoms with Crippen LogP contribution in [-0.4, -0.2) is 9.04 Å². The predicted molar refractivity (Wildman–Crippen MR) is 77.3 cm³/mol. The van der Waals surface area contributed by atoms with E-state index in [1.807, 2.05) is 0 Å². The van der Waals surface area contributed by atoms with Crippen LogP contribution in [0.1, 0.15) is 59.3 Å². The molecule has 99 valence electrons. The average molecular weight is 253 g/mol. The van der Waals surface area contributed by atoms with Gasteiger partial charge in [0.15, 0.2) is 0 Å². The maximum absolute atomic E-state index is 5.97. The molecule has 0 spiro atoms. The molecule has 1 nitrogen and oxygen atoms in total. The first-order valence-corrected chi connectivity index (χ1v) is 9.47. The lowest BCUT2D eigenvalue weighted by molar-refractivity contribution is 0.209. The Balaban J connectivity index is 2.56. The largest absolute Gasteiger partial charge is 0.546 e. The molecule has 0 aromatic carbocycles. The van der Waals surface area contributed by atoms with E-state index in [0.29, 0.717) is 5.41 Å². The molecule has 0 aromatic rings. The molecular weight excluding hydrogens is 224 g/mol. The van der Waals surface area contributed by atoms with Crippen molar-refractivity contribution in [3.05, 3.63) is 11.8 Å². The first-order valence-electron chi connectivity index (χ1n) is 7.06. The Bertz CT molecular complexity index is 250. The van der Waals surface area contributed by atoms with Crippen LogP contribution < -0.4 is 0 Å². The van der Waals surface area contributed by atoms with Crippen LogP contribution in [-0.2, 0) is 4.43 Å². The number of rotatable bonds is 2. The van der Waals surface area contributed by atoms with Crippen molar-refractivity contribution in [3.8, 4) is 0 Å². The third-order valence-electron chi connectivity index (χ3n) is 3.67. The maximum atomic E-state index is 5.97. The highest BCUT2D eigenvalue weighted by Crippen LogP contribution is 2.35. The molecule has 1 radical (unpaired) electrons. The molecule has 0 saturated carbocycles. The van der Waals surface area contributed by atoms with Gasteiger partial charge in [-0.15, -0.1) is 0 Å². The van der Waals surface area contributed by atoms with Crippen molar-refractivity contribution < 1.29 is 4.43 Å². The summed E-state index contributed by atoms with van der Waals surface area (Å²) in [5.41, 5.74) is 0.462. The van der Waals surface area contributed by atoms with E-state index in [-0.39, 0.29) is 0 Å². The smallest absolute Gasteiger partial charge is 0.273 e. The Morgan fingerprint density at radius 1 is 1.18 bits per heavy atom. The second-order valence-corrected chi connectivity index (χ2v) is 8.59. The Hall–Kier alpha value is -0.243. The van der Waals surface area contributed by atoms with E-state index in [4.69, 9.17) is 4.43 Å². The highest BCUT2D eigenvalue weighted by Gasteiger charge is 2.24. The highest BCUT2D eigenvalue weighted by molar-refractivity contribution is 6.48. The second kappa shape index (κ2) is 6.63. The molecule has 1 unspecified atom stereocenters. The summed E-state index contributed by atoms with van der Waals surface area (Å²) < 4.78 is 5.97. The summed E-state index contributed by atoms with van der Waals surface area (Å²) in [4.78, 5) is 0. The van der Waals surface area contributed by atoms with Crippen LogP contribution in [0, 0.1) is 11.3 Å². The van der Waals surface area contributed by atoms with Crippen LogP contribution in [0.4, 0.5) is 0 Å². The molecule has 0 amide bonds. The fourth-order valence-electron chi connectivity index (χ4n) is 2.60. The molecule has 2 heteroatoms. The minimum atomic E-state index is -0.583. The zero-order chi connectivity index (χ0) is 12.9. The monoisotopic (exact) mass is 253 g/mol. The van der Waals surface area contributed by atoms with Crippen molar-refractivity contribution in [3.63, 3.8) is 0 Å². The van der Waals surface area contributed by atoms with E-state index in [2.05, 4.69) is 39.9 Å². The number of allylic oxidation sites excluding steroid dienone is 2. The molecule has 1 rings (SSSR count). The van der Waals surface area contributed by atoms with E-state index in [1.54, 1.807) is 0 Å². The fraction of sp³-hybridized carbons (Fsp3) is 0.867. The van der Waals surface area contributed by atoms with Gasteiger partial charge >= 0.3 is 0 Å². The Kier molecular flexibility index (Phi) is 5.77. The Labute approximate surface area is 109 Å². The molecule has 0 aromatic heterocycles. The quantitative estimate of drug-likeness (QED) is 0.618. The molecule has 1 atom stereocenters. The van der Waals surface area contributed by atoms with E-state index in [0.717, 1.165) is 12.3 Å². The fourth-order valence-corrected chi connectivity index (χ4v) is 3.31. The molecule has 1 aliphatic rings. The van der Waals surface area contributed by atoms with Crippen LogP contribution in [0.3, 0.4) is 0 Å². The first kappa shape index (κ1) is 14.8. The summed E-state index contributed by atoms with van der Waals surface area (Å²) >= 11 is 0. The van der Waals surface area contributed by atoms with Gasteiger partial charge in [0.25, 0.3) is 9.04 Å². The maximum Gasteiger partial charge on any atom is 0.273 e. The third kappa shape index (κ3) is 5.76. The Morgan fingerprint density at radius 2 is 1.88 bits per heavy atom. The van der Waals surface area contributed by atoms with Crippen LogP contribution in [0.2, 0.25) is 13.1 Å². The van der Waals surface area contributed by atoms with E-state index >= 15 is 0 Å². The van der Waals surface area contributed by atoms with Gasteiger partial charge in [-0.3, -0.25) is 0 Å². The summed E-state index contributed by atoms with van der Waals surface area (Å²) in [5.74, 6) is 2.14. The van der Waals surface area contributed by atoms with Crippen molar-refractivity contribution in [2.75, 3.05) is 0 Å². The highest BCUT2D eigenvalue weighted by atomic mass is 28.3. The molecule has 0 bridgehead atoms. The van der Waals surface area contributed by atoms with Crippen molar-refractivity contribution in [2.45, 2.75) is 72.4 Å². The van der Waals surface area contributed by atoms with Gasteiger partial charge < -0.3 is 4.43 Å². The van der Waals surface area contributed by atoms with Crippen molar-refractivity contribution in [1.82, 2.24) is 0 Å². The molecule has 0 aliphatic heterocycles. The normalized spacial score (nSPS) is 26.7. The van der Waals surface area contributed by atoms with Gasteiger partial charge in [-0.1, -0.05) is 27.2 Å². The summed E-state index contributed by atoms with van der Waals surface area (Å²) in [7, 11) is -0.583. The average Bonchev–Trinajstić information content (AvgIpc) is 2.27. The zero-order valence-electron chi connectivity index (χ0n) is 12.3. The molecule has 0 fully saturated rings. The predicted octanol–water partition coefficient (Wildman–Crippen LogP) is 5.15. The van der Waals surface area contributed by atoms with Crippen LogP contribution >= 0.6 is 0 Å².